The van der Waals surface area contributed by atoms with Crippen molar-refractivity contribution in [2.24, 2.45) is 0 Å². The highest BCUT2D eigenvalue weighted by atomic mass is 79.9. The highest BCUT2D eigenvalue weighted by molar-refractivity contribution is 9.09. The third kappa shape index (κ3) is 1.81. The molecule has 0 aliphatic heterocycles. The molecule has 0 N–H and O–H groups in total. The van der Waals surface area contributed by atoms with Crippen molar-refractivity contribution in [3.8, 4) is 0 Å². The molecule has 1 aromatic carbocycles. The van der Waals surface area contributed by atoms with Crippen LogP contribution in [0.5, 0.6) is 0 Å². The molecule has 4 heteroatoms. The van der Waals surface area contributed by atoms with Gasteiger partial charge in [-0.2, -0.15) is 0 Å². The van der Waals surface area contributed by atoms with E-state index in [0.29, 0.717) is 11.9 Å². The molecule has 1 heterocycles. The Balaban J connectivity index is 2.75. The van der Waals surface area contributed by atoms with Gasteiger partial charge in [-0.3, -0.25) is 9.36 Å². The van der Waals surface area contributed by atoms with E-state index in [1.54, 1.807) is 10.9 Å². The van der Waals surface area contributed by atoms with E-state index in [0.717, 1.165) is 16.4 Å². The molecule has 0 unspecified atom stereocenters. The maximum atomic E-state index is 12.0. The number of aromatic nitrogens is 2. The summed E-state index contributed by atoms with van der Waals surface area (Å²) in [6.07, 6.45) is 1.61. The van der Waals surface area contributed by atoms with Gasteiger partial charge < -0.3 is 0 Å². The van der Waals surface area contributed by atoms with Crippen LogP contribution in [-0.2, 0) is 6.54 Å². The smallest absolute Gasteiger partial charge is 0.261 e. The first-order valence-electron chi connectivity index (χ1n) is 4.75. The summed E-state index contributed by atoms with van der Waals surface area (Å²) in [5.41, 5.74) is 1.87. The molecule has 2 aromatic rings. The molecule has 0 bridgehead atoms. The second-order valence-electron chi connectivity index (χ2n) is 3.40. The monoisotopic (exact) mass is 266 g/mol. The van der Waals surface area contributed by atoms with Crippen molar-refractivity contribution in [1.82, 2.24) is 9.55 Å². The molecule has 15 heavy (non-hydrogen) atoms. The standard InChI is InChI=1S/C11H11BrN2O/c1-8-3-2-4-9-10(8)13-7-14(6-5-12)11(9)15/h2-4,7H,5-6H2,1H3. The Morgan fingerprint density at radius 3 is 3.00 bits per heavy atom. The molecule has 78 valence electrons. The summed E-state index contributed by atoms with van der Waals surface area (Å²) in [6, 6.07) is 5.67. The van der Waals surface area contributed by atoms with Crippen LogP contribution >= 0.6 is 15.9 Å². The van der Waals surface area contributed by atoms with Crippen molar-refractivity contribution in [2.45, 2.75) is 13.5 Å². The highest BCUT2D eigenvalue weighted by Gasteiger charge is 2.04. The van der Waals surface area contributed by atoms with E-state index in [4.69, 9.17) is 0 Å². The minimum absolute atomic E-state index is 0.0307. The Bertz CT molecular complexity index is 548. The molecule has 0 saturated heterocycles. The van der Waals surface area contributed by atoms with E-state index in [-0.39, 0.29) is 5.56 Å². The van der Waals surface area contributed by atoms with Crippen molar-refractivity contribution in [3.63, 3.8) is 0 Å². The summed E-state index contributed by atoms with van der Waals surface area (Å²) in [4.78, 5) is 16.3. The fraction of sp³-hybridized carbons (Fsp3) is 0.273. The average Bonchev–Trinajstić information content (AvgIpc) is 2.23. The third-order valence-electron chi connectivity index (χ3n) is 2.38. The number of aryl methyl sites for hydroxylation is 2. The number of rotatable bonds is 2. The number of nitrogens with zero attached hydrogens (tertiary/aromatic N) is 2. The van der Waals surface area contributed by atoms with Crippen molar-refractivity contribution < 1.29 is 0 Å². The normalized spacial score (nSPS) is 10.8. The first-order chi connectivity index (χ1) is 7.24. The summed E-state index contributed by atoms with van der Waals surface area (Å²) >= 11 is 3.31. The fourth-order valence-corrected chi connectivity index (χ4v) is 1.97. The van der Waals surface area contributed by atoms with E-state index >= 15 is 0 Å². The van der Waals surface area contributed by atoms with Crippen molar-refractivity contribution in [1.29, 1.82) is 0 Å². The lowest BCUT2D eigenvalue weighted by Crippen LogP contribution is -2.21. The van der Waals surface area contributed by atoms with E-state index in [2.05, 4.69) is 20.9 Å². The van der Waals surface area contributed by atoms with Gasteiger partial charge in [-0.15, -0.1) is 0 Å². The van der Waals surface area contributed by atoms with Gasteiger partial charge >= 0.3 is 0 Å². The van der Waals surface area contributed by atoms with E-state index in [1.807, 2.05) is 25.1 Å². The number of para-hydroxylation sites is 1. The lowest BCUT2D eigenvalue weighted by molar-refractivity contribution is 0.728. The minimum Gasteiger partial charge on any atom is -0.298 e. The van der Waals surface area contributed by atoms with Gasteiger partial charge in [0, 0.05) is 11.9 Å². The van der Waals surface area contributed by atoms with Crippen LogP contribution in [0.1, 0.15) is 5.56 Å². The number of fused-ring (bicyclic) bond motifs is 1. The lowest BCUT2D eigenvalue weighted by atomic mass is 10.1. The average molecular weight is 267 g/mol. The maximum Gasteiger partial charge on any atom is 0.261 e. The quantitative estimate of drug-likeness (QED) is 0.781. The molecule has 0 fully saturated rings. The van der Waals surface area contributed by atoms with Crippen LogP contribution in [-0.4, -0.2) is 14.9 Å². The van der Waals surface area contributed by atoms with Crippen molar-refractivity contribution >= 4 is 26.8 Å². The van der Waals surface area contributed by atoms with Crippen LogP contribution in [0.4, 0.5) is 0 Å². The summed E-state index contributed by atoms with van der Waals surface area (Å²) in [7, 11) is 0. The van der Waals surface area contributed by atoms with Gasteiger partial charge in [0.05, 0.1) is 17.2 Å². The lowest BCUT2D eigenvalue weighted by Gasteiger charge is -2.05. The largest absolute Gasteiger partial charge is 0.298 e. The van der Waals surface area contributed by atoms with Gasteiger partial charge in [0.25, 0.3) is 5.56 Å². The molecule has 0 aliphatic carbocycles. The molecule has 0 saturated carbocycles. The van der Waals surface area contributed by atoms with Crippen molar-refractivity contribution in [3.05, 3.63) is 40.4 Å². The van der Waals surface area contributed by atoms with Crippen molar-refractivity contribution in [2.75, 3.05) is 5.33 Å². The number of hydrogen-bond donors (Lipinski definition) is 0. The fourth-order valence-electron chi connectivity index (χ4n) is 1.59. The molecule has 0 atom stereocenters. The molecule has 1 aromatic heterocycles. The molecular formula is C11H11BrN2O. The Hall–Kier alpha value is -1.16. The van der Waals surface area contributed by atoms with Crippen LogP contribution in [0.25, 0.3) is 10.9 Å². The van der Waals surface area contributed by atoms with Gasteiger partial charge in [-0.05, 0) is 18.6 Å². The second-order valence-corrected chi connectivity index (χ2v) is 4.20. The van der Waals surface area contributed by atoms with Gasteiger partial charge in [-0.25, -0.2) is 4.98 Å². The second kappa shape index (κ2) is 4.14. The van der Waals surface area contributed by atoms with Gasteiger partial charge in [0.1, 0.15) is 0 Å². The number of alkyl halides is 1. The molecule has 2 rings (SSSR count). The molecule has 0 radical (unpaired) electrons. The molecule has 0 aliphatic rings. The Morgan fingerprint density at radius 2 is 2.27 bits per heavy atom. The highest BCUT2D eigenvalue weighted by Crippen LogP contribution is 2.10. The van der Waals surface area contributed by atoms with E-state index in [1.165, 1.54) is 0 Å². The van der Waals surface area contributed by atoms with Crippen LogP contribution in [0.3, 0.4) is 0 Å². The van der Waals surface area contributed by atoms with E-state index in [9.17, 15) is 4.79 Å². The first-order valence-corrected chi connectivity index (χ1v) is 5.87. The molecule has 0 spiro atoms. The molecular weight excluding hydrogens is 256 g/mol. The number of benzene rings is 1. The predicted molar refractivity (Wildman–Crippen MR) is 64.5 cm³/mol. The zero-order chi connectivity index (χ0) is 10.8. The Labute approximate surface area is 95.9 Å². The van der Waals surface area contributed by atoms with Crippen LogP contribution in [0, 0.1) is 6.92 Å². The zero-order valence-corrected chi connectivity index (χ0v) is 9.99. The first kappa shape index (κ1) is 10.4. The summed E-state index contributed by atoms with van der Waals surface area (Å²) in [5, 5.41) is 1.45. The summed E-state index contributed by atoms with van der Waals surface area (Å²) in [5.74, 6) is 0. The van der Waals surface area contributed by atoms with Crippen LogP contribution in [0.15, 0.2) is 29.3 Å². The maximum absolute atomic E-state index is 12.0. The SMILES string of the molecule is Cc1cccc2c(=O)n(CCBr)cnc12. The number of hydrogen-bond acceptors (Lipinski definition) is 2. The summed E-state index contributed by atoms with van der Waals surface area (Å²) in [6.45, 7) is 2.61. The van der Waals surface area contributed by atoms with Gasteiger partial charge in [-0.1, -0.05) is 28.1 Å². The van der Waals surface area contributed by atoms with Gasteiger partial charge in [0.15, 0.2) is 0 Å². The summed E-state index contributed by atoms with van der Waals surface area (Å²) < 4.78 is 1.62. The van der Waals surface area contributed by atoms with Crippen LogP contribution < -0.4 is 5.56 Å². The Kier molecular flexibility index (Phi) is 2.86. The number of halogens is 1. The van der Waals surface area contributed by atoms with Gasteiger partial charge in [0.2, 0.25) is 0 Å². The Morgan fingerprint density at radius 1 is 1.47 bits per heavy atom. The topological polar surface area (TPSA) is 34.9 Å². The molecule has 3 nitrogen and oxygen atoms in total. The molecule has 0 amide bonds. The van der Waals surface area contributed by atoms with E-state index < -0.39 is 0 Å². The zero-order valence-electron chi connectivity index (χ0n) is 8.40. The minimum atomic E-state index is 0.0307. The third-order valence-corrected chi connectivity index (χ3v) is 2.74. The van der Waals surface area contributed by atoms with Crippen LogP contribution in [0.2, 0.25) is 0 Å². The predicted octanol–water partition coefficient (Wildman–Crippen LogP) is 2.10.